The third-order valence-electron chi connectivity index (χ3n) is 7.15. The summed E-state index contributed by atoms with van der Waals surface area (Å²) in [5.41, 5.74) is 3.42. The van der Waals surface area contributed by atoms with E-state index in [-0.39, 0.29) is 12.1 Å². The molecule has 2 aliphatic rings. The number of likely N-dealkylation sites (tertiary alicyclic amines) is 1. The second-order valence-corrected chi connectivity index (χ2v) is 11.4. The molecule has 0 aromatic heterocycles. The average molecular weight is 485 g/mol. The molecule has 2 aromatic rings. The SMILES string of the molecule is CCC(=O)OC1CCN(S(=O)(=O)c2ccc(-c3ccc(CCN4CCC[C@H]4C)cc3)cc2)CC1. The van der Waals surface area contributed by atoms with Gasteiger partial charge in [-0.15, -0.1) is 0 Å². The number of ether oxygens (including phenoxy) is 1. The van der Waals surface area contributed by atoms with Crippen LogP contribution in [0.4, 0.5) is 0 Å². The molecular weight excluding hydrogens is 448 g/mol. The lowest BCUT2D eigenvalue weighted by molar-refractivity contribution is -0.150. The molecule has 6 nitrogen and oxygen atoms in total. The number of hydrogen-bond acceptors (Lipinski definition) is 5. The summed E-state index contributed by atoms with van der Waals surface area (Å²) in [5, 5.41) is 0. The van der Waals surface area contributed by atoms with E-state index in [0.717, 1.165) is 24.1 Å². The average Bonchev–Trinajstić information content (AvgIpc) is 3.28. The third-order valence-corrected chi connectivity index (χ3v) is 9.06. The second-order valence-electron chi connectivity index (χ2n) is 9.45. The summed E-state index contributed by atoms with van der Waals surface area (Å²) in [4.78, 5) is 14.4. The number of carbonyl (C=O) groups excluding carboxylic acids is 1. The van der Waals surface area contributed by atoms with Gasteiger partial charge in [0.2, 0.25) is 10.0 Å². The standard InChI is InChI=1S/C27H36N2O4S/c1-3-27(30)33-25-15-19-29(20-16-25)34(31,32)26-12-10-24(11-13-26)23-8-6-22(7-9-23)14-18-28-17-4-5-21(28)2/h6-13,21,25H,3-5,14-20H2,1-2H3/t21-/m1/s1. The minimum absolute atomic E-state index is 0.192. The van der Waals surface area contributed by atoms with Gasteiger partial charge in [0.05, 0.1) is 4.90 Å². The third kappa shape index (κ3) is 5.88. The summed E-state index contributed by atoms with van der Waals surface area (Å²) >= 11 is 0. The Balaban J connectivity index is 1.34. The Morgan fingerprint density at radius 3 is 2.12 bits per heavy atom. The van der Waals surface area contributed by atoms with E-state index in [1.165, 1.54) is 29.3 Å². The highest BCUT2D eigenvalue weighted by Crippen LogP contribution is 2.26. The molecule has 2 fully saturated rings. The van der Waals surface area contributed by atoms with E-state index in [0.29, 0.717) is 43.3 Å². The van der Waals surface area contributed by atoms with Gasteiger partial charge >= 0.3 is 5.97 Å². The molecule has 0 saturated carbocycles. The number of piperidine rings is 1. The molecular formula is C27H36N2O4S. The fraction of sp³-hybridized carbons (Fsp3) is 0.519. The summed E-state index contributed by atoms with van der Waals surface area (Å²) in [6, 6.07) is 16.4. The van der Waals surface area contributed by atoms with Crippen molar-refractivity contribution in [3.05, 3.63) is 54.1 Å². The van der Waals surface area contributed by atoms with E-state index in [1.807, 2.05) is 12.1 Å². The predicted octanol–water partition coefficient (Wildman–Crippen LogP) is 4.49. The minimum Gasteiger partial charge on any atom is -0.462 e. The Morgan fingerprint density at radius 2 is 1.56 bits per heavy atom. The number of esters is 1. The summed E-state index contributed by atoms with van der Waals surface area (Å²) in [6.45, 7) is 7.11. The molecule has 0 radical (unpaired) electrons. The monoisotopic (exact) mass is 484 g/mol. The van der Waals surface area contributed by atoms with Crippen LogP contribution in [0.15, 0.2) is 53.4 Å². The summed E-state index contributed by atoms with van der Waals surface area (Å²) in [6.07, 6.45) is 4.87. The molecule has 0 unspecified atom stereocenters. The molecule has 0 aliphatic carbocycles. The van der Waals surface area contributed by atoms with Gasteiger partial charge in [0, 0.05) is 32.1 Å². The summed E-state index contributed by atoms with van der Waals surface area (Å²) < 4.78 is 33.0. The highest BCUT2D eigenvalue weighted by Gasteiger charge is 2.30. The molecule has 0 N–H and O–H groups in total. The number of nitrogens with zero attached hydrogens (tertiary/aromatic N) is 2. The Labute approximate surface area is 204 Å². The molecule has 2 heterocycles. The molecule has 2 aromatic carbocycles. The first-order valence-electron chi connectivity index (χ1n) is 12.5. The van der Waals surface area contributed by atoms with E-state index in [1.54, 1.807) is 19.1 Å². The van der Waals surface area contributed by atoms with Crippen molar-refractivity contribution in [2.75, 3.05) is 26.2 Å². The molecule has 2 aliphatic heterocycles. The number of rotatable bonds is 8. The maximum absolute atomic E-state index is 13.1. The molecule has 0 bridgehead atoms. The second kappa shape index (κ2) is 11.0. The maximum atomic E-state index is 13.1. The molecule has 0 spiro atoms. The van der Waals surface area contributed by atoms with E-state index in [2.05, 4.69) is 36.1 Å². The molecule has 4 rings (SSSR count). The van der Waals surface area contributed by atoms with E-state index in [4.69, 9.17) is 4.74 Å². The smallest absolute Gasteiger partial charge is 0.305 e. The normalized spacial score (nSPS) is 20.5. The summed E-state index contributed by atoms with van der Waals surface area (Å²) in [7, 11) is -3.56. The quantitative estimate of drug-likeness (QED) is 0.517. The van der Waals surface area contributed by atoms with Gasteiger partial charge in [-0.1, -0.05) is 43.3 Å². The maximum Gasteiger partial charge on any atom is 0.305 e. The van der Waals surface area contributed by atoms with E-state index < -0.39 is 10.0 Å². The fourth-order valence-electron chi connectivity index (χ4n) is 4.89. The van der Waals surface area contributed by atoms with E-state index >= 15 is 0 Å². The largest absolute Gasteiger partial charge is 0.462 e. The highest BCUT2D eigenvalue weighted by molar-refractivity contribution is 7.89. The lowest BCUT2D eigenvalue weighted by atomic mass is 10.0. The first kappa shape index (κ1) is 24.9. The van der Waals surface area contributed by atoms with Gasteiger partial charge in [-0.25, -0.2) is 8.42 Å². The number of benzene rings is 2. The van der Waals surface area contributed by atoms with Gasteiger partial charge in [0.1, 0.15) is 6.10 Å². The van der Waals surface area contributed by atoms with Crippen molar-refractivity contribution in [3.8, 4) is 11.1 Å². The van der Waals surface area contributed by atoms with Crippen LogP contribution in [0.2, 0.25) is 0 Å². The molecule has 1 atom stereocenters. The van der Waals surface area contributed by atoms with Gasteiger partial charge in [-0.3, -0.25) is 4.79 Å². The number of carbonyl (C=O) groups is 1. The zero-order chi connectivity index (χ0) is 24.1. The Hall–Kier alpha value is -2.22. The topological polar surface area (TPSA) is 66.9 Å². The predicted molar refractivity (Wildman–Crippen MR) is 134 cm³/mol. The molecule has 7 heteroatoms. The first-order chi connectivity index (χ1) is 16.4. The van der Waals surface area contributed by atoms with Crippen LogP contribution in [0.25, 0.3) is 11.1 Å². The van der Waals surface area contributed by atoms with Crippen LogP contribution in [-0.2, 0) is 26.0 Å². The van der Waals surface area contributed by atoms with Gasteiger partial charge < -0.3 is 9.64 Å². The van der Waals surface area contributed by atoms with Crippen molar-refractivity contribution < 1.29 is 17.9 Å². The van der Waals surface area contributed by atoms with Crippen LogP contribution >= 0.6 is 0 Å². The zero-order valence-corrected chi connectivity index (χ0v) is 21.1. The lowest BCUT2D eigenvalue weighted by Gasteiger charge is -2.30. The van der Waals surface area contributed by atoms with Crippen LogP contribution in [0.3, 0.4) is 0 Å². The van der Waals surface area contributed by atoms with Crippen molar-refractivity contribution in [3.63, 3.8) is 0 Å². The van der Waals surface area contributed by atoms with Crippen molar-refractivity contribution in [1.29, 1.82) is 0 Å². The van der Waals surface area contributed by atoms with Crippen molar-refractivity contribution in [2.45, 2.75) is 69.4 Å². The minimum atomic E-state index is -3.56. The van der Waals surface area contributed by atoms with Crippen molar-refractivity contribution >= 4 is 16.0 Å². The Kier molecular flexibility index (Phi) is 8.06. The van der Waals surface area contributed by atoms with Crippen LogP contribution in [0.5, 0.6) is 0 Å². The molecule has 34 heavy (non-hydrogen) atoms. The molecule has 2 saturated heterocycles. The van der Waals surface area contributed by atoms with Gasteiger partial charge in [0.25, 0.3) is 0 Å². The van der Waals surface area contributed by atoms with Gasteiger partial charge in [0.15, 0.2) is 0 Å². The number of sulfonamides is 1. The first-order valence-corrected chi connectivity index (χ1v) is 13.9. The van der Waals surface area contributed by atoms with Crippen molar-refractivity contribution in [2.24, 2.45) is 0 Å². The van der Waals surface area contributed by atoms with Gasteiger partial charge in [-0.2, -0.15) is 4.31 Å². The Bertz CT molecular complexity index is 1060. The van der Waals surface area contributed by atoms with Crippen LogP contribution in [0.1, 0.15) is 51.5 Å². The van der Waals surface area contributed by atoms with E-state index in [9.17, 15) is 13.2 Å². The lowest BCUT2D eigenvalue weighted by Crippen LogP contribution is -2.41. The zero-order valence-electron chi connectivity index (χ0n) is 20.3. The highest BCUT2D eigenvalue weighted by atomic mass is 32.2. The summed E-state index contributed by atoms with van der Waals surface area (Å²) in [5.74, 6) is -0.230. The Morgan fingerprint density at radius 1 is 0.941 bits per heavy atom. The fourth-order valence-corrected chi connectivity index (χ4v) is 6.36. The number of hydrogen-bond donors (Lipinski definition) is 0. The molecule has 0 amide bonds. The van der Waals surface area contributed by atoms with Gasteiger partial charge in [-0.05, 0) is 74.4 Å². The van der Waals surface area contributed by atoms with Crippen molar-refractivity contribution in [1.82, 2.24) is 9.21 Å². The van der Waals surface area contributed by atoms with Crippen LogP contribution < -0.4 is 0 Å². The van der Waals surface area contributed by atoms with Crippen LogP contribution in [-0.4, -0.2) is 61.9 Å². The van der Waals surface area contributed by atoms with Crippen LogP contribution in [0, 0.1) is 0 Å². The molecule has 184 valence electrons.